The van der Waals surface area contributed by atoms with Crippen molar-refractivity contribution >= 4 is 11.2 Å². The Bertz CT molecular complexity index is 707. The molecule has 0 unspecified atom stereocenters. The van der Waals surface area contributed by atoms with Gasteiger partial charge in [-0.2, -0.15) is 0 Å². The number of rotatable bonds is 4. The van der Waals surface area contributed by atoms with E-state index in [9.17, 15) is 9.59 Å². The molecule has 2 aromatic rings. The fraction of sp³-hybridized carbons (Fsp3) is 0.583. The molecule has 104 valence electrons. The number of aryl methyl sites for hydroxylation is 1. The SMILES string of the molecule is CC(C)Cn1c(=O)[nH]c(=O)c2c1nc(CCN)n2C. The summed E-state index contributed by atoms with van der Waals surface area (Å²) in [5, 5.41) is 0. The third-order valence-corrected chi connectivity index (χ3v) is 3.02. The van der Waals surface area contributed by atoms with E-state index in [0.717, 1.165) is 0 Å². The van der Waals surface area contributed by atoms with Crippen molar-refractivity contribution < 1.29 is 0 Å². The molecule has 0 saturated heterocycles. The van der Waals surface area contributed by atoms with Crippen molar-refractivity contribution in [2.75, 3.05) is 6.54 Å². The molecular weight excluding hydrogens is 246 g/mol. The van der Waals surface area contributed by atoms with Crippen LogP contribution >= 0.6 is 0 Å². The van der Waals surface area contributed by atoms with Crippen LogP contribution in [0.25, 0.3) is 11.2 Å². The topological polar surface area (TPSA) is 98.7 Å². The first-order valence-corrected chi connectivity index (χ1v) is 6.34. The molecule has 0 spiro atoms. The van der Waals surface area contributed by atoms with E-state index in [1.165, 1.54) is 4.57 Å². The van der Waals surface area contributed by atoms with Crippen LogP contribution in [0, 0.1) is 5.92 Å². The minimum absolute atomic E-state index is 0.284. The largest absolute Gasteiger partial charge is 0.330 e. The van der Waals surface area contributed by atoms with Crippen molar-refractivity contribution in [2.24, 2.45) is 18.7 Å². The van der Waals surface area contributed by atoms with Gasteiger partial charge < -0.3 is 10.3 Å². The number of aromatic amines is 1. The van der Waals surface area contributed by atoms with Gasteiger partial charge in [0, 0.05) is 20.0 Å². The Kier molecular flexibility index (Phi) is 3.57. The van der Waals surface area contributed by atoms with Crippen LogP contribution in [0.4, 0.5) is 0 Å². The molecule has 0 aliphatic heterocycles. The molecule has 0 bridgehead atoms. The van der Waals surface area contributed by atoms with Crippen LogP contribution in [0.1, 0.15) is 19.7 Å². The lowest BCUT2D eigenvalue weighted by atomic mass is 10.2. The highest BCUT2D eigenvalue weighted by Crippen LogP contribution is 2.11. The molecule has 19 heavy (non-hydrogen) atoms. The lowest BCUT2D eigenvalue weighted by Gasteiger charge is -2.08. The second kappa shape index (κ2) is 5.00. The molecule has 0 aliphatic rings. The summed E-state index contributed by atoms with van der Waals surface area (Å²) in [6, 6.07) is 0. The van der Waals surface area contributed by atoms with Crippen LogP contribution in [-0.4, -0.2) is 25.6 Å². The number of hydrogen-bond acceptors (Lipinski definition) is 4. The quantitative estimate of drug-likeness (QED) is 0.784. The molecule has 2 aromatic heterocycles. The van der Waals surface area contributed by atoms with Crippen molar-refractivity contribution in [1.82, 2.24) is 19.1 Å². The van der Waals surface area contributed by atoms with Gasteiger partial charge in [0.25, 0.3) is 5.56 Å². The first-order chi connectivity index (χ1) is 8.95. The smallest absolute Gasteiger partial charge is 0.330 e. The van der Waals surface area contributed by atoms with Crippen LogP contribution in [0.3, 0.4) is 0 Å². The maximum absolute atomic E-state index is 11.9. The molecule has 0 radical (unpaired) electrons. The number of H-pyrrole nitrogens is 1. The molecule has 2 heterocycles. The number of imidazole rings is 1. The Balaban J connectivity index is 2.78. The third kappa shape index (κ3) is 2.33. The van der Waals surface area contributed by atoms with Crippen molar-refractivity contribution in [2.45, 2.75) is 26.8 Å². The normalized spacial score (nSPS) is 11.6. The highest BCUT2D eigenvalue weighted by Gasteiger charge is 2.16. The summed E-state index contributed by atoms with van der Waals surface area (Å²) in [7, 11) is 1.76. The second-order valence-electron chi connectivity index (χ2n) is 5.06. The van der Waals surface area contributed by atoms with Gasteiger partial charge in [0.05, 0.1) is 0 Å². The van der Waals surface area contributed by atoms with Gasteiger partial charge in [0.15, 0.2) is 11.2 Å². The van der Waals surface area contributed by atoms with Gasteiger partial charge in [-0.25, -0.2) is 9.78 Å². The van der Waals surface area contributed by atoms with Gasteiger partial charge >= 0.3 is 5.69 Å². The van der Waals surface area contributed by atoms with E-state index in [1.807, 2.05) is 13.8 Å². The van der Waals surface area contributed by atoms with Crippen LogP contribution in [-0.2, 0) is 20.0 Å². The first-order valence-electron chi connectivity index (χ1n) is 6.34. The Hall–Kier alpha value is -1.89. The summed E-state index contributed by atoms with van der Waals surface area (Å²) >= 11 is 0. The number of aromatic nitrogens is 4. The Morgan fingerprint density at radius 2 is 2.05 bits per heavy atom. The summed E-state index contributed by atoms with van der Waals surface area (Å²) in [5.74, 6) is 0.998. The van der Waals surface area contributed by atoms with E-state index in [1.54, 1.807) is 11.6 Å². The molecule has 0 saturated carbocycles. The zero-order chi connectivity index (χ0) is 14.2. The van der Waals surface area contributed by atoms with E-state index in [0.29, 0.717) is 36.5 Å². The fourth-order valence-electron chi connectivity index (χ4n) is 2.18. The van der Waals surface area contributed by atoms with Crippen LogP contribution in [0.5, 0.6) is 0 Å². The van der Waals surface area contributed by atoms with Gasteiger partial charge in [0.2, 0.25) is 0 Å². The second-order valence-corrected chi connectivity index (χ2v) is 5.06. The maximum Gasteiger partial charge on any atom is 0.330 e. The highest BCUT2D eigenvalue weighted by atomic mass is 16.2. The summed E-state index contributed by atoms with van der Waals surface area (Å²) < 4.78 is 3.22. The predicted molar refractivity (Wildman–Crippen MR) is 73.2 cm³/mol. The molecular formula is C12H19N5O2. The molecule has 2 rings (SSSR count). The van der Waals surface area contributed by atoms with Gasteiger partial charge in [-0.3, -0.25) is 14.3 Å². The number of nitrogens with zero attached hydrogens (tertiary/aromatic N) is 3. The molecule has 0 fully saturated rings. The zero-order valence-corrected chi connectivity index (χ0v) is 11.4. The summed E-state index contributed by atoms with van der Waals surface area (Å²) in [5.41, 5.74) is 5.57. The van der Waals surface area contributed by atoms with Crippen LogP contribution < -0.4 is 17.0 Å². The minimum Gasteiger partial charge on any atom is -0.330 e. The molecule has 3 N–H and O–H groups in total. The van der Waals surface area contributed by atoms with E-state index < -0.39 is 11.2 Å². The summed E-state index contributed by atoms with van der Waals surface area (Å²) in [6.45, 7) is 4.98. The van der Waals surface area contributed by atoms with Crippen molar-refractivity contribution in [3.8, 4) is 0 Å². The molecule has 0 aromatic carbocycles. The summed E-state index contributed by atoms with van der Waals surface area (Å²) in [4.78, 5) is 30.6. The fourth-order valence-corrected chi connectivity index (χ4v) is 2.18. The molecule has 0 atom stereocenters. The third-order valence-electron chi connectivity index (χ3n) is 3.02. The van der Waals surface area contributed by atoms with Crippen LogP contribution in [0.2, 0.25) is 0 Å². The average molecular weight is 265 g/mol. The molecule has 7 heteroatoms. The Morgan fingerprint density at radius 3 is 2.63 bits per heavy atom. The van der Waals surface area contributed by atoms with E-state index in [4.69, 9.17) is 5.73 Å². The Morgan fingerprint density at radius 1 is 1.37 bits per heavy atom. The van der Waals surface area contributed by atoms with Crippen molar-refractivity contribution in [3.63, 3.8) is 0 Å². The van der Waals surface area contributed by atoms with E-state index >= 15 is 0 Å². The number of nitrogens with one attached hydrogen (secondary N) is 1. The van der Waals surface area contributed by atoms with Gasteiger partial charge in [-0.05, 0) is 12.5 Å². The van der Waals surface area contributed by atoms with Crippen molar-refractivity contribution in [3.05, 3.63) is 26.7 Å². The average Bonchev–Trinajstić information content (AvgIpc) is 2.63. The van der Waals surface area contributed by atoms with E-state index in [-0.39, 0.29) is 5.92 Å². The number of hydrogen-bond donors (Lipinski definition) is 2. The predicted octanol–water partition coefficient (Wildman–Crippen LogP) is -0.419. The molecule has 0 amide bonds. The van der Waals surface area contributed by atoms with Gasteiger partial charge in [-0.15, -0.1) is 0 Å². The molecule has 7 nitrogen and oxygen atoms in total. The van der Waals surface area contributed by atoms with Gasteiger partial charge in [0.1, 0.15) is 5.82 Å². The standard InChI is InChI=1S/C12H19N5O2/c1-7(2)6-17-10-9(11(18)15-12(17)19)16(3)8(14-10)4-5-13/h7H,4-6,13H2,1-3H3,(H,15,18,19). The lowest BCUT2D eigenvalue weighted by Crippen LogP contribution is -2.32. The molecule has 0 aliphatic carbocycles. The first kappa shape index (κ1) is 13.5. The monoisotopic (exact) mass is 265 g/mol. The number of nitrogens with two attached hydrogens (primary N) is 1. The van der Waals surface area contributed by atoms with Crippen LogP contribution in [0.15, 0.2) is 9.59 Å². The highest BCUT2D eigenvalue weighted by molar-refractivity contribution is 5.70. The van der Waals surface area contributed by atoms with E-state index in [2.05, 4.69) is 9.97 Å². The minimum atomic E-state index is -0.413. The Labute approximate surface area is 110 Å². The summed E-state index contributed by atoms with van der Waals surface area (Å²) in [6.07, 6.45) is 0.570. The van der Waals surface area contributed by atoms with Gasteiger partial charge in [-0.1, -0.05) is 13.8 Å². The maximum atomic E-state index is 11.9. The van der Waals surface area contributed by atoms with Crippen molar-refractivity contribution in [1.29, 1.82) is 0 Å². The lowest BCUT2D eigenvalue weighted by molar-refractivity contribution is 0.513. The number of fused-ring (bicyclic) bond motifs is 1. The zero-order valence-electron chi connectivity index (χ0n) is 11.4.